The highest BCUT2D eigenvalue weighted by Crippen LogP contribution is 2.36. The summed E-state index contributed by atoms with van der Waals surface area (Å²) in [5, 5.41) is 10.2. The van der Waals surface area contributed by atoms with Gasteiger partial charge in [-0.1, -0.05) is 6.07 Å². The van der Waals surface area contributed by atoms with Gasteiger partial charge in [0.25, 0.3) is 0 Å². The van der Waals surface area contributed by atoms with Crippen LogP contribution in [0.1, 0.15) is 22.1 Å². The van der Waals surface area contributed by atoms with Gasteiger partial charge in [0.05, 0.1) is 9.89 Å². The molecule has 0 radical (unpaired) electrons. The van der Waals surface area contributed by atoms with Crippen LogP contribution in [-0.4, -0.2) is 5.11 Å². The van der Waals surface area contributed by atoms with Crippen molar-refractivity contribution in [1.29, 1.82) is 0 Å². The fourth-order valence-electron chi connectivity index (χ4n) is 1.70. The molecule has 0 aliphatic carbocycles. The van der Waals surface area contributed by atoms with Crippen molar-refractivity contribution in [1.82, 2.24) is 0 Å². The van der Waals surface area contributed by atoms with Crippen LogP contribution in [0.2, 0.25) is 0 Å². The van der Waals surface area contributed by atoms with E-state index in [0.717, 1.165) is 24.3 Å². The Hall–Kier alpha value is -0.230. The maximum atomic E-state index is 13.2. The summed E-state index contributed by atoms with van der Waals surface area (Å²) in [5.74, 6) is -0.267. The summed E-state index contributed by atoms with van der Waals surface area (Å²) in [6.45, 7) is 1.92. The summed E-state index contributed by atoms with van der Waals surface area (Å²) in [4.78, 5) is 0.859. The van der Waals surface area contributed by atoms with E-state index in [9.17, 15) is 9.50 Å². The molecule has 2 aromatic rings. The largest absolute Gasteiger partial charge is 0.387 e. The Bertz CT molecular complexity index is 549. The molecule has 96 valence electrons. The van der Waals surface area contributed by atoms with Crippen molar-refractivity contribution in [2.75, 3.05) is 0 Å². The molecule has 5 heteroatoms. The molecule has 0 saturated carbocycles. The third-order valence-corrected chi connectivity index (χ3v) is 6.07. The summed E-state index contributed by atoms with van der Waals surface area (Å²) in [7, 11) is 0. The zero-order valence-electron chi connectivity index (χ0n) is 9.58. The van der Waals surface area contributed by atoms with Crippen LogP contribution in [0.3, 0.4) is 0 Å². The van der Waals surface area contributed by atoms with Gasteiger partial charge in [-0.2, -0.15) is 0 Å². The van der Waals surface area contributed by atoms with Gasteiger partial charge in [0.2, 0.25) is 0 Å². The fourth-order valence-corrected chi connectivity index (χ4v) is 3.77. The molecule has 1 heterocycles. The van der Waals surface area contributed by atoms with Crippen molar-refractivity contribution in [2.24, 2.45) is 0 Å². The third-order valence-electron chi connectivity index (χ3n) is 2.72. The molecule has 18 heavy (non-hydrogen) atoms. The molecule has 1 aromatic heterocycles. The average molecular weight is 394 g/mol. The third kappa shape index (κ3) is 3.20. The van der Waals surface area contributed by atoms with Gasteiger partial charge in [0, 0.05) is 15.8 Å². The van der Waals surface area contributed by atoms with Crippen LogP contribution in [0, 0.1) is 12.7 Å². The van der Waals surface area contributed by atoms with Crippen LogP contribution in [0.4, 0.5) is 4.39 Å². The van der Waals surface area contributed by atoms with Crippen LogP contribution in [0.15, 0.2) is 32.5 Å². The molecule has 0 bridgehead atoms. The van der Waals surface area contributed by atoms with E-state index in [2.05, 4.69) is 31.9 Å². The second kappa shape index (κ2) is 5.82. The van der Waals surface area contributed by atoms with Crippen molar-refractivity contribution in [2.45, 2.75) is 19.4 Å². The normalized spacial score (nSPS) is 12.7. The SMILES string of the molecule is Cc1ccc(F)cc1CC(O)c1cc(Br)c(Br)s1. The van der Waals surface area contributed by atoms with E-state index in [1.807, 2.05) is 13.0 Å². The quantitative estimate of drug-likeness (QED) is 0.778. The summed E-state index contributed by atoms with van der Waals surface area (Å²) in [5.41, 5.74) is 1.83. The van der Waals surface area contributed by atoms with Crippen molar-refractivity contribution < 1.29 is 9.50 Å². The molecule has 0 spiro atoms. The Morgan fingerprint density at radius 3 is 2.67 bits per heavy atom. The lowest BCUT2D eigenvalue weighted by Crippen LogP contribution is -2.01. The molecule has 1 nitrogen and oxygen atoms in total. The molecule has 0 fully saturated rings. The predicted molar refractivity (Wildman–Crippen MR) is 79.5 cm³/mol. The zero-order chi connectivity index (χ0) is 13.3. The maximum Gasteiger partial charge on any atom is 0.123 e. The Morgan fingerprint density at radius 2 is 2.06 bits per heavy atom. The molecular weight excluding hydrogens is 383 g/mol. The highest BCUT2D eigenvalue weighted by Gasteiger charge is 2.15. The first kappa shape index (κ1) is 14.2. The van der Waals surface area contributed by atoms with Crippen molar-refractivity contribution in [3.8, 4) is 0 Å². The number of aryl methyl sites for hydroxylation is 1. The van der Waals surface area contributed by atoms with Crippen LogP contribution >= 0.6 is 43.2 Å². The number of thiophene rings is 1. The monoisotopic (exact) mass is 392 g/mol. The highest BCUT2D eigenvalue weighted by molar-refractivity contribution is 9.13. The van der Waals surface area contributed by atoms with Crippen LogP contribution in [0.25, 0.3) is 0 Å². The molecular formula is C13H11Br2FOS. The number of benzene rings is 1. The number of aliphatic hydroxyl groups is 1. The van der Waals surface area contributed by atoms with E-state index in [1.54, 1.807) is 6.07 Å². The number of hydrogen-bond donors (Lipinski definition) is 1. The highest BCUT2D eigenvalue weighted by atomic mass is 79.9. The van der Waals surface area contributed by atoms with Gasteiger partial charge in [-0.05, 0) is 68.1 Å². The van der Waals surface area contributed by atoms with Crippen molar-refractivity contribution >= 4 is 43.2 Å². The average Bonchev–Trinajstić information content (AvgIpc) is 2.64. The molecule has 1 N–H and O–H groups in total. The van der Waals surface area contributed by atoms with E-state index in [4.69, 9.17) is 0 Å². The number of halogens is 3. The lowest BCUT2D eigenvalue weighted by atomic mass is 10.0. The summed E-state index contributed by atoms with van der Waals surface area (Å²) in [6, 6.07) is 6.53. The zero-order valence-corrected chi connectivity index (χ0v) is 13.6. The van der Waals surface area contributed by atoms with Gasteiger partial charge in [-0.25, -0.2) is 4.39 Å². The Kier molecular flexibility index (Phi) is 4.59. The van der Waals surface area contributed by atoms with E-state index in [0.29, 0.717) is 6.42 Å². The van der Waals surface area contributed by atoms with Crippen molar-refractivity contribution in [3.63, 3.8) is 0 Å². The van der Waals surface area contributed by atoms with E-state index in [1.165, 1.54) is 23.5 Å². The number of hydrogen-bond acceptors (Lipinski definition) is 2. The van der Waals surface area contributed by atoms with Gasteiger partial charge in [0.15, 0.2) is 0 Å². The van der Waals surface area contributed by atoms with E-state index in [-0.39, 0.29) is 5.82 Å². The molecule has 0 saturated heterocycles. The maximum absolute atomic E-state index is 13.2. The minimum absolute atomic E-state index is 0.267. The van der Waals surface area contributed by atoms with Gasteiger partial charge < -0.3 is 5.11 Å². The van der Waals surface area contributed by atoms with Gasteiger partial charge in [-0.15, -0.1) is 11.3 Å². The second-order valence-corrected chi connectivity index (χ2v) is 7.32. The molecule has 2 rings (SSSR count). The lowest BCUT2D eigenvalue weighted by Gasteiger charge is -2.11. The van der Waals surface area contributed by atoms with E-state index >= 15 is 0 Å². The molecule has 0 amide bonds. The minimum Gasteiger partial charge on any atom is -0.387 e. The predicted octanol–water partition coefficient (Wildman–Crippen LogP) is 5.00. The second-order valence-electron chi connectivity index (χ2n) is 4.06. The van der Waals surface area contributed by atoms with Crippen LogP contribution < -0.4 is 0 Å². The van der Waals surface area contributed by atoms with Gasteiger partial charge in [-0.3, -0.25) is 0 Å². The first-order valence-electron chi connectivity index (χ1n) is 5.35. The first-order valence-corrected chi connectivity index (χ1v) is 7.75. The number of rotatable bonds is 3. The summed E-state index contributed by atoms with van der Waals surface area (Å²) < 4.78 is 15.1. The molecule has 0 aliphatic rings. The Labute approximate surface area is 126 Å². The van der Waals surface area contributed by atoms with Crippen LogP contribution in [-0.2, 0) is 6.42 Å². The molecule has 1 unspecified atom stereocenters. The van der Waals surface area contributed by atoms with Crippen molar-refractivity contribution in [3.05, 3.63) is 54.3 Å². The minimum atomic E-state index is -0.613. The summed E-state index contributed by atoms with van der Waals surface area (Å²) >= 11 is 8.26. The summed E-state index contributed by atoms with van der Waals surface area (Å²) in [6.07, 6.45) is -0.193. The lowest BCUT2D eigenvalue weighted by molar-refractivity contribution is 0.182. The molecule has 1 atom stereocenters. The van der Waals surface area contributed by atoms with E-state index < -0.39 is 6.10 Å². The van der Waals surface area contributed by atoms with Gasteiger partial charge >= 0.3 is 0 Å². The topological polar surface area (TPSA) is 20.2 Å². The van der Waals surface area contributed by atoms with Gasteiger partial charge in [0.1, 0.15) is 5.82 Å². The number of aliphatic hydroxyl groups excluding tert-OH is 1. The Balaban J connectivity index is 2.20. The van der Waals surface area contributed by atoms with Crippen LogP contribution in [0.5, 0.6) is 0 Å². The standard InChI is InChI=1S/C13H11Br2FOS/c1-7-2-3-9(16)4-8(7)5-11(17)12-6-10(14)13(15)18-12/h2-4,6,11,17H,5H2,1H3. The molecule has 1 aromatic carbocycles. The molecule has 0 aliphatic heterocycles. The Morgan fingerprint density at radius 1 is 1.33 bits per heavy atom. The fraction of sp³-hybridized carbons (Fsp3) is 0.231. The smallest absolute Gasteiger partial charge is 0.123 e. The first-order chi connectivity index (χ1) is 8.47.